The number of carbonyl (C=O) groups is 1. The summed E-state index contributed by atoms with van der Waals surface area (Å²) in [5.74, 6) is 0.971. The molecule has 1 aromatic carbocycles. The monoisotopic (exact) mass is 408 g/mol. The number of fused-ring (bicyclic) bond motifs is 1. The van der Waals surface area contributed by atoms with Crippen LogP contribution in [-0.4, -0.2) is 50.3 Å². The predicted octanol–water partition coefficient (Wildman–Crippen LogP) is 4.07. The first-order valence-electron chi connectivity index (χ1n) is 10.0. The van der Waals surface area contributed by atoms with Crippen LogP contribution >= 0.6 is 11.3 Å². The van der Waals surface area contributed by atoms with Crippen LogP contribution in [0.25, 0.3) is 10.3 Å². The van der Waals surface area contributed by atoms with Crippen molar-refractivity contribution in [3.8, 4) is 10.9 Å². The van der Waals surface area contributed by atoms with E-state index in [0.717, 1.165) is 35.7 Å². The second kappa shape index (κ2) is 7.07. The van der Waals surface area contributed by atoms with Gasteiger partial charge >= 0.3 is 0 Å². The number of benzene rings is 1. The van der Waals surface area contributed by atoms with Crippen molar-refractivity contribution in [2.75, 3.05) is 13.1 Å². The van der Waals surface area contributed by atoms with Crippen LogP contribution in [0.4, 0.5) is 0 Å². The molecule has 1 amide bonds. The van der Waals surface area contributed by atoms with Crippen LogP contribution in [0.2, 0.25) is 0 Å². The van der Waals surface area contributed by atoms with E-state index in [0.29, 0.717) is 5.19 Å². The molecule has 7 heteroatoms. The molecular weight excluding hydrogens is 384 g/mol. The Hall–Kier alpha value is -2.51. The van der Waals surface area contributed by atoms with Gasteiger partial charge in [-0.15, -0.1) is 0 Å². The van der Waals surface area contributed by atoms with Gasteiger partial charge in [-0.1, -0.05) is 23.5 Å². The summed E-state index contributed by atoms with van der Waals surface area (Å²) in [5, 5.41) is 0.609. The van der Waals surface area contributed by atoms with Gasteiger partial charge in [0.15, 0.2) is 5.65 Å². The third-order valence-electron chi connectivity index (χ3n) is 6.03. The molecule has 0 bridgehead atoms. The lowest BCUT2D eigenvalue weighted by Gasteiger charge is -2.46. The van der Waals surface area contributed by atoms with Crippen LogP contribution in [0, 0.1) is 0 Å². The average molecular weight is 409 g/mol. The van der Waals surface area contributed by atoms with Gasteiger partial charge in [0.1, 0.15) is 5.75 Å². The topological polar surface area (TPSA) is 58.6 Å². The number of pyridine rings is 1. The number of aromatic nitrogens is 2. The Morgan fingerprint density at radius 3 is 2.76 bits per heavy atom. The molecule has 1 aliphatic heterocycles. The molecule has 1 spiro atoms. The highest BCUT2D eigenvalue weighted by molar-refractivity contribution is 7.20. The molecule has 2 fully saturated rings. The number of nitrogens with zero attached hydrogens (tertiary/aromatic N) is 4. The van der Waals surface area contributed by atoms with Crippen LogP contribution in [0.3, 0.4) is 0 Å². The summed E-state index contributed by atoms with van der Waals surface area (Å²) in [7, 11) is 0. The molecule has 1 atom stereocenters. The summed E-state index contributed by atoms with van der Waals surface area (Å²) in [6.45, 7) is 6.52. The zero-order chi connectivity index (χ0) is 20.0. The first-order valence-corrected chi connectivity index (χ1v) is 10.8. The summed E-state index contributed by atoms with van der Waals surface area (Å²) in [5.41, 5.74) is 2.16. The second-order valence-electron chi connectivity index (χ2n) is 8.15. The normalized spacial score (nSPS) is 20.9. The standard InChI is InChI=1S/C22H24N4O2S/c1-15-12-25(22(9-10-22)14-26(15)16(2)27)13-17-5-7-18(8-6-17)28-21-24-20-19(29-21)4-3-11-23-20/h3-8,11,15H,9-10,12-14H2,1-2H3/t15-/m0/s1. The van der Waals surface area contributed by atoms with Gasteiger partial charge < -0.3 is 9.64 Å². The zero-order valence-electron chi connectivity index (χ0n) is 16.7. The molecule has 0 radical (unpaired) electrons. The molecule has 150 valence electrons. The molecule has 3 heterocycles. The van der Waals surface area contributed by atoms with E-state index in [-0.39, 0.29) is 17.5 Å². The van der Waals surface area contributed by atoms with Crippen molar-refractivity contribution in [1.82, 2.24) is 19.8 Å². The molecule has 2 aliphatic rings. The summed E-state index contributed by atoms with van der Waals surface area (Å²) in [6.07, 6.45) is 4.09. The molecular formula is C22H24N4O2S. The largest absolute Gasteiger partial charge is 0.431 e. The first kappa shape index (κ1) is 18.5. The van der Waals surface area contributed by atoms with Gasteiger partial charge in [-0.3, -0.25) is 9.69 Å². The van der Waals surface area contributed by atoms with E-state index >= 15 is 0 Å². The number of hydrogen-bond acceptors (Lipinski definition) is 6. The van der Waals surface area contributed by atoms with Crippen LogP contribution in [-0.2, 0) is 11.3 Å². The van der Waals surface area contributed by atoms with E-state index < -0.39 is 0 Å². The summed E-state index contributed by atoms with van der Waals surface area (Å²) in [6, 6.07) is 12.4. The average Bonchev–Trinajstić information content (AvgIpc) is 3.36. The fraction of sp³-hybridized carbons (Fsp3) is 0.409. The van der Waals surface area contributed by atoms with Crippen molar-refractivity contribution < 1.29 is 9.53 Å². The van der Waals surface area contributed by atoms with E-state index in [2.05, 4.69) is 33.9 Å². The van der Waals surface area contributed by atoms with E-state index in [1.807, 2.05) is 29.2 Å². The van der Waals surface area contributed by atoms with E-state index in [1.165, 1.54) is 29.7 Å². The summed E-state index contributed by atoms with van der Waals surface area (Å²) < 4.78 is 6.95. The molecule has 1 aliphatic carbocycles. The number of carbonyl (C=O) groups excluding carboxylic acids is 1. The molecule has 3 aromatic rings. The zero-order valence-corrected chi connectivity index (χ0v) is 17.5. The molecule has 29 heavy (non-hydrogen) atoms. The number of amides is 1. The van der Waals surface area contributed by atoms with Gasteiger partial charge in [0.25, 0.3) is 5.19 Å². The van der Waals surface area contributed by atoms with Crippen molar-refractivity contribution in [1.29, 1.82) is 0 Å². The van der Waals surface area contributed by atoms with Crippen LogP contribution in [0.1, 0.15) is 32.3 Å². The second-order valence-corrected chi connectivity index (χ2v) is 9.14. The van der Waals surface area contributed by atoms with Gasteiger partial charge in [0.2, 0.25) is 5.91 Å². The molecule has 0 unspecified atom stereocenters. The maximum absolute atomic E-state index is 11.9. The Morgan fingerprint density at radius 1 is 1.28 bits per heavy atom. The highest BCUT2D eigenvalue weighted by atomic mass is 32.1. The van der Waals surface area contributed by atoms with Crippen LogP contribution < -0.4 is 4.74 Å². The van der Waals surface area contributed by atoms with Gasteiger partial charge in [-0.05, 0) is 49.6 Å². The lowest BCUT2D eigenvalue weighted by Crippen LogP contribution is -2.59. The van der Waals surface area contributed by atoms with E-state index in [9.17, 15) is 4.79 Å². The lowest BCUT2D eigenvalue weighted by molar-refractivity contribution is -0.136. The number of hydrogen-bond donors (Lipinski definition) is 0. The van der Waals surface area contributed by atoms with Crippen LogP contribution in [0.5, 0.6) is 10.9 Å². The quantitative estimate of drug-likeness (QED) is 0.651. The summed E-state index contributed by atoms with van der Waals surface area (Å²) >= 11 is 1.50. The van der Waals surface area contributed by atoms with Gasteiger partial charge in [0, 0.05) is 44.3 Å². The lowest BCUT2D eigenvalue weighted by atomic mass is 10.0. The summed E-state index contributed by atoms with van der Waals surface area (Å²) in [4.78, 5) is 25.2. The van der Waals surface area contributed by atoms with Crippen molar-refractivity contribution in [2.24, 2.45) is 0 Å². The fourth-order valence-electron chi connectivity index (χ4n) is 4.23. The maximum atomic E-state index is 11.9. The SMILES string of the molecule is CC(=O)N1CC2(CC2)N(Cc2ccc(Oc3nc4ncccc4s3)cc2)C[C@@H]1C. The number of thiazole rings is 1. The molecule has 2 aromatic heterocycles. The minimum absolute atomic E-state index is 0.182. The minimum atomic E-state index is 0.182. The van der Waals surface area contributed by atoms with E-state index in [1.54, 1.807) is 13.1 Å². The third-order valence-corrected chi connectivity index (χ3v) is 6.92. The number of rotatable bonds is 4. The number of piperazine rings is 1. The predicted molar refractivity (Wildman–Crippen MR) is 113 cm³/mol. The highest BCUT2D eigenvalue weighted by Crippen LogP contribution is 2.46. The maximum Gasteiger partial charge on any atom is 0.281 e. The molecule has 0 N–H and O–H groups in total. The van der Waals surface area contributed by atoms with Crippen molar-refractivity contribution in [3.05, 3.63) is 48.2 Å². The Bertz CT molecular complexity index is 1010. The van der Waals surface area contributed by atoms with Crippen molar-refractivity contribution in [2.45, 2.75) is 44.8 Å². The Kier molecular flexibility index (Phi) is 4.52. The minimum Gasteiger partial charge on any atom is -0.431 e. The van der Waals surface area contributed by atoms with Gasteiger partial charge in [-0.2, -0.15) is 4.98 Å². The third kappa shape index (κ3) is 3.60. The Morgan fingerprint density at radius 2 is 2.07 bits per heavy atom. The van der Waals surface area contributed by atoms with Crippen molar-refractivity contribution in [3.63, 3.8) is 0 Å². The molecule has 1 saturated heterocycles. The highest BCUT2D eigenvalue weighted by Gasteiger charge is 2.53. The Balaban J connectivity index is 1.26. The fourth-order valence-corrected chi connectivity index (χ4v) is 5.03. The number of ether oxygens (including phenoxy) is 1. The molecule has 5 rings (SSSR count). The van der Waals surface area contributed by atoms with Crippen molar-refractivity contribution >= 4 is 27.6 Å². The Labute approximate surface area is 174 Å². The van der Waals surface area contributed by atoms with Gasteiger partial charge in [0.05, 0.1) is 4.70 Å². The smallest absolute Gasteiger partial charge is 0.281 e. The van der Waals surface area contributed by atoms with Crippen LogP contribution in [0.15, 0.2) is 42.6 Å². The molecule has 1 saturated carbocycles. The molecule has 6 nitrogen and oxygen atoms in total. The van der Waals surface area contributed by atoms with E-state index in [4.69, 9.17) is 4.74 Å². The first-order chi connectivity index (χ1) is 14.0. The van der Waals surface area contributed by atoms with Gasteiger partial charge in [-0.25, -0.2) is 4.98 Å².